The van der Waals surface area contributed by atoms with Gasteiger partial charge in [-0.2, -0.15) is 0 Å². The molecule has 4 atom stereocenters. The van der Waals surface area contributed by atoms with E-state index in [1.54, 1.807) is 5.57 Å². The molecule has 3 rings (SSSR count). The van der Waals surface area contributed by atoms with Gasteiger partial charge in [-0.15, -0.1) is 0 Å². The predicted octanol–water partition coefficient (Wildman–Crippen LogP) is 5.20. The summed E-state index contributed by atoms with van der Waals surface area (Å²) in [5.41, 5.74) is 2.69. The van der Waals surface area contributed by atoms with Crippen molar-refractivity contribution in [2.24, 2.45) is 28.6 Å². The van der Waals surface area contributed by atoms with Gasteiger partial charge in [0.15, 0.2) is 0 Å². The minimum absolute atomic E-state index is 0. The van der Waals surface area contributed by atoms with E-state index in [1.165, 1.54) is 24.8 Å². The van der Waals surface area contributed by atoms with Crippen molar-refractivity contribution >= 4 is 5.97 Å². The quantitative estimate of drug-likeness (QED) is 0.690. The van der Waals surface area contributed by atoms with Crippen LogP contribution in [0.25, 0.3) is 0 Å². The topological polar surface area (TPSA) is 37.3 Å². The van der Waals surface area contributed by atoms with Gasteiger partial charge in [0.05, 0.1) is 5.41 Å². The zero-order chi connectivity index (χ0) is 16.1. The number of carboxylic acid groups (broad SMARTS) is 1. The number of carboxylic acids is 1. The van der Waals surface area contributed by atoms with Gasteiger partial charge in [0.2, 0.25) is 0 Å². The van der Waals surface area contributed by atoms with Gasteiger partial charge >= 0.3 is 5.97 Å². The van der Waals surface area contributed by atoms with E-state index in [4.69, 9.17) is 0 Å². The maximum Gasteiger partial charge on any atom is 0.309 e. The molecule has 0 bridgehead atoms. The number of hydrogen-bond acceptors (Lipinski definition) is 1. The van der Waals surface area contributed by atoms with Gasteiger partial charge in [0, 0.05) is 17.1 Å². The summed E-state index contributed by atoms with van der Waals surface area (Å²) in [5, 5.41) is 9.83. The first-order chi connectivity index (χ1) is 10.3. The van der Waals surface area contributed by atoms with Crippen molar-refractivity contribution in [3.8, 4) is 0 Å². The van der Waals surface area contributed by atoms with E-state index in [0.717, 1.165) is 19.3 Å². The Morgan fingerprint density at radius 2 is 2.00 bits per heavy atom. The van der Waals surface area contributed by atoms with Crippen LogP contribution in [0, 0.1) is 28.6 Å². The molecule has 3 aliphatic rings. The fraction of sp³-hybridized carbons (Fsp3) is 0.750. The first-order valence-corrected chi connectivity index (χ1v) is 8.93. The fourth-order valence-corrected chi connectivity index (χ4v) is 5.60. The third-order valence-corrected chi connectivity index (χ3v) is 7.07. The summed E-state index contributed by atoms with van der Waals surface area (Å²) in [6.07, 6.45) is 11.2. The second kappa shape index (κ2) is 6.41. The summed E-state index contributed by atoms with van der Waals surface area (Å²) in [6, 6.07) is 0. The molecule has 0 spiro atoms. The van der Waals surface area contributed by atoms with Gasteiger partial charge in [0.1, 0.15) is 0 Å². The van der Waals surface area contributed by atoms with E-state index in [1.807, 2.05) is 6.92 Å². The number of allylic oxidation sites excluding steroid dienone is 4. The van der Waals surface area contributed by atoms with E-state index in [0.29, 0.717) is 11.8 Å². The second-order valence-electron chi connectivity index (χ2n) is 8.54. The van der Waals surface area contributed by atoms with Crippen LogP contribution in [0.3, 0.4) is 0 Å². The number of hydrogen-bond donors (Lipinski definition) is 1. The smallest absolute Gasteiger partial charge is 0.309 e. The zero-order valence-electron chi connectivity index (χ0n) is 14.9. The van der Waals surface area contributed by atoms with E-state index >= 15 is 0 Å². The molecule has 1 saturated carbocycles. The summed E-state index contributed by atoms with van der Waals surface area (Å²) < 4.78 is 0. The molecule has 0 amide bonds. The molecule has 0 aromatic heterocycles. The fourth-order valence-electron chi connectivity index (χ4n) is 5.60. The van der Waals surface area contributed by atoms with Crippen LogP contribution in [0.1, 0.15) is 66.2 Å². The maximum atomic E-state index is 11.9. The van der Waals surface area contributed by atoms with Crippen molar-refractivity contribution in [3.63, 3.8) is 0 Å². The van der Waals surface area contributed by atoms with Crippen LogP contribution in [0.15, 0.2) is 23.3 Å². The van der Waals surface area contributed by atoms with Crippen LogP contribution in [0.4, 0.5) is 0 Å². The average Bonchev–Trinajstić information content (AvgIpc) is 2.46. The van der Waals surface area contributed by atoms with Crippen molar-refractivity contribution in [3.05, 3.63) is 23.3 Å². The summed E-state index contributed by atoms with van der Waals surface area (Å²) in [7, 11) is 0. The van der Waals surface area contributed by atoms with Crippen LogP contribution in [-0.2, 0) is 21.9 Å². The van der Waals surface area contributed by atoms with Crippen molar-refractivity contribution in [1.29, 1.82) is 0 Å². The molecule has 23 heavy (non-hydrogen) atoms. The van der Waals surface area contributed by atoms with Gasteiger partial charge in [-0.3, -0.25) is 4.79 Å². The molecule has 0 unspecified atom stereocenters. The van der Waals surface area contributed by atoms with E-state index in [9.17, 15) is 9.90 Å². The largest absolute Gasteiger partial charge is 0.481 e. The molecule has 3 aliphatic carbocycles. The molecule has 2 nitrogen and oxygen atoms in total. The molecule has 1 N–H and O–H groups in total. The number of carbonyl (C=O) groups is 1. The molecule has 0 aromatic carbocycles. The third kappa shape index (κ3) is 2.85. The molecule has 129 valence electrons. The van der Waals surface area contributed by atoms with Crippen LogP contribution in [0.5, 0.6) is 0 Å². The third-order valence-electron chi connectivity index (χ3n) is 7.07. The van der Waals surface area contributed by atoms with Gasteiger partial charge in [-0.1, -0.05) is 44.9 Å². The van der Waals surface area contributed by atoms with Crippen molar-refractivity contribution < 1.29 is 27.0 Å². The Hall–Kier alpha value is -0.531. The Kier molecular flexibility index (Phi) is 5.24. The van der Waals surface area contributed by atoms with Crippen LogP contribution in [-0.4, -0.2) is 11.1 Å². The van der Waals surface area contributed by atoms with E-state index in [-0.39, 0.29) is 28.4 Å². The number of aliphatic carboxylic acids is 1. The molecular formula is C20H30MnO2. The summed E-state index contributed by atoms with van der Waals surface area (Å²) in [6.45, 7) is 8.93. The molecular weight excluding hydrogens is 327 g/mol. The molecule has 0 saturated heterocycles. The molecule has 1 fully saturated rings. The van der Waals surface area contributed by atoms with Crippen molar-refractivity contribution in [2.75, 3.05) is 0 Å². The molecule has 0 aliphatic heterocycles. The Bertz CT molecular complexity index is 548. The first-order valence-electron chi connectivity index (χ1n) is 8.93. The molecule has 0 heterocycles. The second-order valence-corrected chi connectivity index (χ2v) is 8.54. The summed E-state index contributed by atoms with van der Waals surface area (Å²) in [5.74, 6) is 0.888. The number of rotatable bonds is 2. The Morgan fingerprint density at radius 3 is 2.61 bits per heavy atom. The Morgan fingerprint density at radius 1 is 1.30 bits per heavy atom. The summed E-state index contributed by atoms with van der Waals surface area (Å²) >= 11 is 0. The van der Waals surface area contributed by atoms with E-state index < -0.39 is 11.4 Å². The van der Waals surface area contributed by atoms with Gasteiger partial charge in [0.25, 0.3) is 0 Å². The van der Waals surface area contributed by atoms with Gasteiger partial charge in [-0.05, 0) is 67.8 Å². The minimum atomic E-state index is -0.588. The van der Waals surface area contributed by atoms with Crippen molar-refractivity contribution in [2.45, 2.75) is 66.2 Å². The Labute approximate surface area is 151 Å². The van der Waals surface area contributed by atoms with Crippen LogP contribution < -0.4 is 0 Å². The van der Waals surface area contributed by atoms with Crippen molar-refractivity contribution in [1.82, 2.24) is 0 Å². The maximum absolute atomic E-state index is 11.9. The predicted molar refractivity (Wildman–Crippen MR) is 89.5 cm³/mol. The van der Waals surface area contributed by atoms with Crippen LogP contribution >= 0.6 is 0 Å². The summed E-state index contributed by atoms with van der Waals surface area (Å²) in [4.78, 5) is 11.9. The zero-order valence-corrected chi connectivity index (χ0v) is 16.0. The van der Waals surface area contributed by atoms with Gasteiger partial charge in [-0.25, -0.2) is 0 Å². The first kappa shape index (κ1) is 18.8. The normalized spacial score (nSPS) is 39.5. The van der Waals surface area contributed by atoms with Gasteiger partial charge < -0.3 is 5.11 Å². The van der Waals surface area contributed by atoms with Crippen LogP contribution in [0.2, 0.25) is 0 Å². The number of fused-ring (bicyclic) bond motifs is 3. The Balaban J connectivity index is 0.00000192. The molecule has 1 radical (unpaired) electrons. The minimum Gasteiger partial charge on any atom is -0.481 e. The SMILES string of the molecule is CC(C)C1=CC2=CC[C@@H]3[C@](C)(CCC[C@@]3(C)C(=O)O)[C@H]2CC1.[Mn]. The molecule has 0 aromatic rings. The standard InChI is InChI=1S/C20H30O2.Mn/c1-13(2)14-6-8-16-15(12-14)7-9-17-19(16,3)10-5-11-20(17,4)18(21)22;/h7,12-13,16-17H,5-6,8-11H2,1-4H3,(H,21,22);/t16-,17+,19+,20+;/m0./s1. The molecule has 3 heteroatoms. The monoisotopic (exact) mass is 357 g/mol. The van der Waals surface area contributed by atoms with E-state index in [2.05, 4.69) is 32.9 Å². The average molecular weight is 357 g/mol.